The summed E-state index contributed by atoms with van der Waals surface area (Å²) in [5, 5.41) is 20.8. The Kier molecular flexibility index (Phi) is 3.08. The molecule has 0 amide bonds. The quantitative estimate of drug-likeness (QED) is 0.510. The Labute approximate surface area is 114 Å². The number of benzene rings is 1. The number of fused-ring (bicyclic) bond motifs is 1. The maximum atomic E-state index is 11.0. The number of nitrogens with zero attached hydrogens (tertiary/aromatic N) is 4. The van der Waals surface area contributed by atoms with Gasteiger partial charge in [0.2, 0.25) is 5.28 Å². The number of nitro groups is 2. The fourth-order valence-corrected chi connectivity index (χ4v) is 1.96. The van der Waals surface area contributed by atoms with E-state index in [0.29, 0.717) is 0 Å². The summed E-state index contributed by atoms with van der Waals surface area (Å²) >= 11 is 11.2. The zero-order valence-corrected chi connectivity index (χ0v) is 10.3. The average Bonchev–Trinajstić information content (AvgIpc) is 2.26. The molecule has 11 heteroatoms. The van der Waals surface area contributed by atoms with Gasteiger partial charge in [0.15, 0.2) is 10.5 Å². The summed E-state index contributed by atoms with van der Waals surface area (Å²) in [5.41, 5.74) is 3.88. The maximum absolute atomic E-state index is 11.0. The Morgan fingerprint density at radius 1 is 1.16 bits per heavy atom. The van der Waals surface area contributed by atoms with E-state index in [0.717, 1.165) is 6.07 Å². The first-order valence-corrected chi connectivity index (χ1v) is 5.32. The number of nitro benzene ring substituents is 2. The Morgan fingerprint density at radius 2 is 1.79 bits per heavy atom. The van der Waals surface area contributed by atoms with Crippen molar-refractivity contribution in [2.45, 2.75) is 0 Å². The predicted octanol–water partition coefficient (Wildman–Crippen LogP) is 2.34. The van der Waals surface area contributed by atoms with Crippen LogP contribution in [0.3, 0.4) is 0 Å². The van der Waals surface area contributed by atoms with Gasteiger partial charge in [-0.05, 0) is 11.6 Å². The molecule has 0 aliphatic rings. The van der Waals surface area contributed by atoms with Crippen LogP contribution in [0.2, 0.25) is 10.3 Å². The average molecular weight is 304 g/mol. The zero-order valence-electron chi connectivity index (χ0n) is 8.83. The number of nitrogen functional groups attached to an aromatic ring is 1. The molecule has 0 aliphatic heterocycles. The summed E-state index contributed by atoms with van der Waals surface area (Å²) in [5.74, 6) is -0.210. The monoisotopic (exact) mass is 303 g/mol. The van der Waals surface area contributed by atoms with Crippen molar-refractivity contribution < 1.29 is 9.85 Å². The van der Waals surface area contributed by atoms with Crippen LogP contribution in [0.4, 0.5) is 17.2 Å². The fourth-order valence-electron chi connectivity index (χ4n) is 1.51. The minimum Gasteiger partial charge on any atom is -0.383 e. The van der Waals surface area contributed by atoms with E-state index >= 15 is 0 Å². The van der Waals surface area contributed by atoms with Crippen LogP contribution in [-0.2, 0) is 0 Å². The van der Waals surface area contributed by atoms with E-state index in [1.165, 1.54) is 0 Å². The van der Waals surface area contributed by atoms with Crippen LogP contribution in [-0.4, -0.2) is 19.8 Å². The molecule has 1 aromatic heterocycles. The summed E-state index contributed by atoms with van der Waals surface area (Å²) in [6.07, 6.45) is 0. The van der Waals surface area contributed by atoms with Crippen LogP contribution in [0.1, 0.15) is 0 Å². The van der Waals surface area contributed by atoms with Gasteiger partial charge in [0.25, 0.3) is 5.69 Å². The molecule has 0 spiro atoms. The van der Waals surface area contributed by atoms with E-state index in [-0.39, 0.29) is 22.0 Å². The molecule has 0 aliphatic carbocycles. The van der Waals surface area contributed by atoms with Crippen molar-refractivity contribution in [2.75, 3.05) is 5.73 Å². The van der Waals surface area contributed by atoms with Gasteiger partial charge in [0.1, 0.15) is 5.82 Å². The van der Waals surface area contributed by atoms with Crippen molar-refractivity contribution in [1.29, 1.82) is 0 Å². The molecule has 2 rings (SSSR count). The highest BCUT2D eigenvalue weighted by Gasteiger charge is 2.30. The molecular formula is C8H3Cl2N5O4. The first-order valence-electron chi connectivity index (χ1n) is 4.57. The van der Waals surface area contributed by atoms with Gasteiger partial charge in [0.05, 0.1) is 15.2 Å². The third kappa shape index (κ3) is 2.09. The Hall–Kier alpha value is -2.26. The van der Waals surface area contributed by atoms with E-state index in [1.807, 2.05) is 0 Å². The van der Waals surface area contributed by atoms with Crippen molar-refractivity contribution in [3.8, 4) is 0 Å². The van der Waals surface area contributed by atoms with Gasteiger partial charge in [-0.25, -0.2) is 9.97 Å². The molecule has 1 aromatic carbocycles. The second kappa shape index (κ2) is 4.44. The smallest absolute Gasteiger partial charge is 0.321 e. The highest BCUT2D eigenvalue weighted by molar-refractivity contribution is 6.36. The number of rotatable bonds is 2. The summed E-state index contributed by atoms with van der Waals surface area (Å²) in [6, 6.07) is 0.969. The lowest BCUT2D eigenvalue weighted by Gasteiger charge is -2.04. The van der Waals surface area contributed by atoms with Crippen LogP contribution in [0.25, 0.3) is 10.9 Å². The largest absolute Gasteiger partial charge is 0.383 e. The molecule has 0 fully saturated rings. The second-order valence-corrected chi connectivity index (χ2v) is 4.06. The molecule has 0 bridgehead atoms. The number of hydrogen-bond donors (Lipinski definition) is 1. The molecule has 0 saturated carbocycles. The van der Waals surface area contributed by atoms with Crippen molar-refractivity contribution in [3.05, 3.63) is 36.6 Å². The van der Waals surface area contributed by atoms with Crippen LogP contribution in [0.15, 0.2) is 6.07 Å². The summed E-state index contributed by atoms with van der Waals surface area (Å²) in [4.78, 5) is 27.3. The van der Waals surface area contributed by atoms with E-state index < -0.39 is 26.2 Å². The highest BCUT2D eigenvalue weighted by atomic mass is 35.5. The molecule has 19 heavy (non-hydrogen) atoms. The lowest BCUT2D eigenvalue weighted by Crippen LogP contribution is -2.01. The first-order chi connectivity index (χ1) is 8.82. The van der Waals surface area contributed by atoms with Gasteiger partial charge in [0, 0.05) is 6.07 Å². The van der Waals surface area contributed by atoms with Gasteiger partial charge in [-0.1, -0.05) is 11.6 Å². The lowest BCUT2D eigenvalue weighted by atomic mass is 10.2. The number of hydrogen-bond acceptors (Lipinski definition) is 7. The minimum atomic E-state index is -0.888. The molecule has 9 nitrogen and oxygen atoms in total. The van der Waals surface area contributed by atoms with E-state index in [2.05, 4.69) is 9.97 Å². The van der Waals surface area contributed by atoms with Gasteiger partial charge in [-0.2, -0.15) is 0 Å². The summed E-state index contributed by atoms with van der Waals surface area (Å²) in [6.45, 7) is 0. The summed E-state index contributed by atoms with van der Waals surface area (Å²) < 4.78 is 0. The molecule has 0 atom stereocenters. The Balaban J connectivity index is 3.05. The molecular weight excluding hydrogens is 301 g/mol. The standard InChI is InChI=1S/C8H3Cl2N5O4/c9-4-3(14(16)17)1-2-5(6(4)15(18)19)12-8(10)13-7(2)11/h1H,(H2,11,12,13). The highest BCUT2D eigenvalue weighted by Crippen LogP contribution is 2.40. The van der Waals surface area contributed by atoms with Crippen LogP contribution >= 0.6 is 23.2 Å². The minimum absolute atomic E-state index is 0.0628. The Bertz CT molecular complexity index is 735. The van der Waals surface area contributed by atoms with Crippen molar-refractivity contribution in [2.24, 2.45) is 0 Å². The topological polar surface area (TPSA) is 138 Å². The summed E-state index contributed by atoms with van der Waals surface area (Å²) in [7, 11) is 0. The van der Waals surface area contributed by atoms with E-state index in [9.17, 15) is 20.2 Å². The molecule has 1 heterocycles. The van der Waals surface area contributed by atoms with Crippen molar-refractivity contribution in [1.82, 2.24) is 9.97 Å². The second-order valence-electron chi connectivity index (χ2n) is 3.35. The third-order valence-electron chi connectivity index (χ3n) is 2.27. The molecule has 2 N–H and O–H groups in total. The number of anilines is 1. The molecule has 0 unspecified atom stereocenters. The van der Waals surface area contributed by atoms with Crippen LogP contribution in [0, 0.1) is 20.2 Å². The van der Waals surface area contributed by atoms with Gasteiger partial charge in [-0.3, -0.25) is 20.2 Å². The molecule has 0 radical (unpaired) electrons. The fraction of sp³-hybridized carbons (Fsp3) is 0. The predicted molar refractivity (Wildman–Crippen MR) is 67.3 cm³/mol. The van der Waals surface area contributed by atoms with Crippen molar-refractivity contribution in [3.63, 3.8) is 0 Å². The van der Waals surface area contributed by atoms with Crippen molar-refractivity contribution >= 4 is 51.3 Å². The van der Waals surface area contributed by atoms with E-state index in [1.54, 1.807) is 0 Å². The number of halogens is 2. The van der Waals surface area contributed by atoms with E-state index in [4.69, 9.17) is 28.9 Å². The van der Waals surface area contributed by atoms with Crippen LogP contribution in [0.5, 0.6) is 0 Å². The number of aromatic nitrogens is 2. The van der Waals surface area contributed by atoms with Crippen LogP contribution < -0.4 is 5.73 Å². The first kappa shape index (κ1) is 13.2. The molecule has 2 aromatic rings. The normalized spacial score (nSPS) is 10.6. The SMILES string of the molecule is Nc1nc(Cl)nc2c([N+](=O)[O-])c(Cl)c([N+](=O)[O-])cc12. The molecule has 0 saturated heterocycles. The Morgan fingerprint density at radius 3 is 2.32 bits per heavy atom. The van der Waals surface area contributed by atoms with Gasteiger partial charge < -0.3 is 5.73 Å². The zero-order chi connectivity index (χ0) is 14.3. The third-order valence-corrected chi connectivity index (χ3v) is 2.81. The maximum Gasteiger partial charge on any atom is 0.321 e. The van der Waals surface area contributed by atoms with Gasteiger partial charge >= 0.3 is 5.69 Å². The number of nitrogens with two attached hydrogens (primary N) is 1. The van der Waals surface area contributed by atoms with Gasteiger partial charge in [-0.15, -0.1) is 0 Å². The lowest BCUT2D eigenvalue weighted by molar-refractivity contribution is -0.392. The molecule has 98 valence electrons.